The highest BCUT2D eigenvalue weighted by molar-refractivity contribution is 7.80. The topological polar surface area (TPSA) is 37.4 Å². The first-order chi connectivity index (χ1) is 10.6. The summed E-state index contributed by atoms with van der Waals surface area (Å²) in [5, 5.41) is 0. The maximum atomic E-state index is 12.5. The van der Waals surface area contributed by atoms with Gasteiger partial charge in [-0.25, -0.2) is 0 Å². The standard InChI is InChI=1S/C18H15NO2S/c1-2-13(11-12-7-9-14(22)10-8-12)19-17(20)15-5-3-4-6-16(15)18(19)21/h2-9,13H,1,10-11H2. The number of imide groups is 1. The van der Waals surface area contributed by atoms with Crippen molar-refractivity contribution in [2.24, 2.45) is 0 Å². The molecule has 4 heteroatoms. The molecule has 3 rings (SSSR count). The van der Waals surface area contributed by atoms with Crippen LogP contribution in [0.15, 0.2) is 60.7 Å². The maximum absolute atomic E-state index is 12.5. The minimum atomic E-state index is -0.352. The van der Waals surface area contributed by atoms with Gasteiger partial charge in [-0.05, 0) is 30.2 Å². The van der Waals surface area contributed by atoms with Gasteiger partial charge in [0.05, 0.1) is 17.2 Å². The second kappa shape index (κ2) is 5.81. The fourth-order valence-electron chi connectivity index (χ4n) is 2.75. The lowest BCUT2D eigenvalue weighted by Gasteiger charge is -2.24. The van der Waals surface area contributed by atoms with Gasteiger partial charge in [0.2, 0.25) is 0 Å². The third-order valence-corrected chi connectivity index (χ3v) is 4.23. The van der Waals surface area contributed by atoms with Gasteiger partial charge in [-0.15, -0.1) is 6.58 Å². The van der Waals surface area contributed by atoms with Crippen molar-refractivity contribution in [1.29, 1.82) is 0 Å². The van der Waals surface area contributed by atoms with Crippen molar-refractivity contribution in [3.8, 4) is 0 Å². The van der Waals surface area contributed by atoms with Crippen molar-refractivity contribution in [3.63, 3.8) is 0 Å². The molecule has 1 aromatic carbocycles. The molecule has 0 saturated heterocycles. The molecule has 1 aromatic rings. The van der Waals surface area contributed by atoms with E-state index < -0.39 is 0 Å². The Kier molecular flexibility index (Phi) is 3.86. The van der Waals surface area contributed by atoms with Gasteiger partial charge in [0.1, 0.15) is 0 Å². The molecule has 0 fully saturated rings. The minimum absolute atomic E-state index is 0.249. The molecule has 0 bridgehead atoms. The van der Waals surface area contributed by atoms with Crippen LogP contribution in [0.25, 0.3) is 0 Å². The highest BCUT2D eigenvalue weighted by atomic mass is 32.1. The lowest BCUT2D eigenvalue weighted by atomic mass is 9.99. The summed E-state index contributed by atoms with van der Waals surface area (Å²) in [5.41, 5.74) is 2.00. The number of allylic oxidation sites excluding steroid dienone is 3. The summed E-state index contributed by atoms with van der Waals surface area (Å²) in [6.45, 7) is 3.79. The van der Waals surface area contributed by atoms with E-state index in [4.69, 9.17) is 12.2 Å². The number of thiocarbonyl (C=S) groups is 1. The highest BCUT2D eigenvalue weighted by Crippen LogP contribution is 2.28. The van der Waals surface area contributed by atoms with E-state index >= 15 is 0 Å². The number of fused-ring (bicyclic) bond motifs is 1. The Bertz CT molecular complexity index is 710. The van der Waals surface area contributed by atoms with Gasteiger partial charge in [-0.1, -0.05) is 42.6 Å². The Balaban J connectivity index is 1.85. The monoisotopic (exact) mass is 309 g/mol. The molecule has 1 unspecified atom stereocenters. The Morgan fingerprint density at radius 3 is 2.32 bits per heavy atom. The number of nitrogens with zero attached hydrogens (tertiary/aromatic N) is 1. The van der Waals surface area contributed by atoms with Gasteiger partial charge in [0.15, 0.2) is 0 Å². The zero-order chi connectivity index (χ0) is 15.7. The first-order valence-corrected chi connectivity index (χ1v) is 7.52. The number of amides is 2. The second-order valence-corrected chi connectivity index (χ2v) is 5.84. The third-order valence-electron chi connectivity index (χ3n) is 3.92. The van der Waals surface area contributed by atoms with Gasteiger partial charge >= 0.3 is 0 Å². The molecule has 1 aliphatic carbocycles. The van der Waals surface area contributed by atoms with Crippen LogP contribution < -0.4 is 0 Å². The molecule has 1 aliphatic heterocycles. The van der Waals surface area contributed by atoms with Crippen LogP contribution in [0, 0.1) is 0 Å². The van der Waals surface area contributed by atoms with E-state index in [9.17, 15) is 9.59 Å². The van der Waals surface area contributed by atoms with Crippen LogP contribution in [0.1, 0.15) is 33.6 Å². The molecule has 1 atom stereocenters. The second-order valence-electron chi connectivity index (χ2n) is 5.32. The molecular formula is C18H15NO2S. The molecule has 2 amide bonds. The van der Waals surface area contributed by atoms with Gasteiger partial charge in [0, 0.05) is 11.3 Å². The third kappa shape index (κ3) is 2.46. The molecule has 0 radical (unpaired) electrons. The lowest BCUT2D eigenvalue weighted by Crippen LogP contribution is -2.38. The Labute approximate surface area is 134 Å². The van der Waals surface area contributed by atoms with Crippen LogP contribution >= 0.6 is 12.2 Å². The van der Waals surface area contributed by atoms with Gasteiger partial charge < -0.3 is 0 Å². The first kappa shape index (κ1) is 14.6. The zero-order valence-electron chi connectivity index (χ0n) is 12.0. The van der Waals surface area contributed by atoms with E-state index in [2.05, 4.69) is 6.58 Å². The number of rotatable bonds is 4. The number of hydrogen-bond acceptors (Lipinski definition) is 3. The molecule has 1 heterocycles. The molecule has 0 spiro atoms. The maximum Gasteiger partial charge on any atom is 0.262 e. The predicted molar refractivity (Wildman–Crippen MR) is 90.0 cm³/mol. The van der Waals surface area contributed by atoms with Crippen LogP contribution in [0.5, 0.6) is 0 Å². The van der Waals surface area contributed by atoms with Crippen molar-refractivity contribution < 1.29 is 9.59 Å². The number of carbonyl (C=O) groups is 2. The first-order valence-electron chi connectivity index (χ1n) is 7.11. The van der Waals surface area contributed by atoms with Crippen molar-refractivity contribution in [1.82, 2.24) is 4.90 Å². The van der Waals surface area contributed by atoms with Crippen molar-refractivity contribution in [2.45, 2.75) is 18.9 Å². The van der Waals surface area contributed by atoms with E-state index in [0.717, 1.165) is 16.9 Å². The molecule has 0 aromatic heterocycles. The Morgan fingerprint density at radius 1 is 1.18 bits per heavy atom. The van der Waals surface area contributed by atoms with Crippen LogP contribution in [-0.2, 0) is 0 Å². The minimum Gasteiger partial charge on any atom is -0.269 e. The van der Waals surface area contributed by atoms with Crippen molar-refractivity contribution >= 4 is 28.9 Å². The largest absolute Gasteiger partial charge is 0.269 e. The summed E-state index contributed by atoms with van der Waals surface area (Å²) in [4.78, 5) is 27.2. The quantitative estimate of drug-likeness (QED) is 0.485. The highest BCUT2D eigenvalue weighted by Gasteiger charge is 2.38. The number of benzene rings is 1. The van der Waals surface area contributed by atoms with Crippen LogP contribution in [0.2, 0.25) is 0 Å². The van der Waals surface area contributed by atoms with E-state index in [1.54, 1.807) is 30.3 Å². The molecule has 110 valence electrons. The summed E-state index contributed by atoms with van der Waals surface area (Å²) in [6, 6.07) is 6.56. The zero-order valence-corrected chi connectivity index (χ0v) is 12.8. The number of hydrogen-bond donors (Lipinski definition) is 0. The lowest BCUT2D eigenvalue weighted by molar-refractivity contribution is 0.0615. The van der Waals surface area contributed by atoms with Crippen molar-refractivity contribution in [2.75, 3.05) is 0 Å². The van der Waals surface area contributed by atoms with Crippen LogP contribution in [-0.4, -0.2) is 27.6 Å². The average molecular weight is 309 g/mol. The van der Waals surface area contributed by atoms with Gasteiger partial charge in [0.25, 0.3) is 11.8 Å². The Hall–Kier alpha value is -2.33. The summed E-state index contributed by atoms with van der Waals surface area (Å²) in [5.74, 6) is -0.497. The fraction of sp³-hybridized carbons (Fsp3) is 0.167. The molecule has 0 saturated carbocycles. The van der Waals surface area contributed by atoms with Gasteiger partial charge in [-0.3, -0.25) is 14.5 Å². The van der Waals surface area contributed by atoms with Gasteiger partial charge in [-0.2, -0.15) is 0 Å². The average Bonchev–Trinajstić information content (AvgIpc) is 2.79. The van der Waals surface area contributed by atoms with E-state index in [1.807, 2.05) is 18.2 Å². The Morgan fingerprint density at radius 2 is 1.82 bits per heavy atom. The summed E-state index contributed by atoms with van der Waals surface area (Å²) < 4.78 is 0. The van der Waals surface area contributed by atoms with E-state index in [1.165, 1.54) is 4.90 Å². The van der Waals surface area contributed by atoms with Crippen LogP contribution in [0.3, 0.4) is 0 Å². The summed E-state index contributed by atoms with van der Waals surface area (Å²) in [6.07, 6.45) is 8.83. The fourth-order valence-corrected chi connectivity index (χ4v) is 2.90. The van der Waals surface area contributed by atoms with Crippen LogP contribution in [0.4, 0.5) is 0 Å². The van der Waals surface area contributed by atoms with Crippen molar-refractivity contribution in [3.05, 3.63) is 71.8 Å². The molecular weight excluding hydrogens is 294 g/mol. The summed E-state index contributed by atoms with van der Waals surface area (Å²) in [7, 11) is 0. The molecule has 2 aliphatic rings. The van der Waals surface area contributed by atoms with E-state index in [0.29, 0.717) is 17.5 Å². The smallest absolute Gasteiger partial charge is 0.262 e. The molecule has 3 nitrogen and oxygen atoms in total. The number of carbonyl (C=O) groups excluding carboxylic acids is 2. The van der Waals surface area contributed by atoms with E-state index in [-0.39, 0.29) is 17.9 Å². The summed E-state index contributed by atoms with van der Waals surface area (Å²) >= 11 is 5.12. The molecule has 22 heavy (non-hydrogen) atoms. The SMILES string of the molecule is C=CC(CC1=CCC(=S)C=C1)N1C(=O)c2ccccc2C1=O. The predicted octanol–water partition coefficient (Wildman–Crippen LogP) is 3.48. The normalized spacial score (nSPS) is 18.3. The molecule has 0 N–H and O–H groups in total.